The van der Waals surface area contributed by atoms with Crippen molar-refractivity contribution in [1.29, 1.82) is 0 Å². The Morgan fingerprint density at radius 3 is 2.81 bits per heavy atom. The number of aryl methyl sites for hydroxylation is 2. The summed E-state index contributed by atoms with van der Waals surface area (Å²) in [5, 5.41) is 7.84. The van der Waals surface area contributed by atoms with Gasteiger partial charge in [0.15, 0.2) is 0 Å². The summed E-state index contributed by atoms with van der Waals surface area (Å²) in [4.78, 5) is 0. The van der Waals surface area contributed by atoms with Crippen molar-refractivity contribution >= 4 is 0 Å². The Morgan fingerprint density at radius 1 is 1.56 bits per heavy atom. The maximum absolute atomic E-state index is 5.13. The van der Waals surface area contributed by atoms with Crippen molar-refractivity contribution in [3.63, 3.8) is 0 Å². The first kappa shape index (κ1) is 13.2. The number of nitrogens with zero attached hydrogens (tertiary/aromatic N) is 2. The summed E-state index contributed by atoms with van der Waals surface area (Å²) in [6.45, 7) is 5.95. The molecule has 92 valence electrons. The zero-order valence-corrected chi connectivity index (χ0v) is 10.8. The Labute approximate surface area is 98.0 Å². The van der Waals surface area contributed by atoms with Gasteiger partial charge in [-0.1, -0.05) is 6.92 Å². The molecule has 1 unspecified atom stereocenters. The number of likely N-dealkylation sites (N-methyl/N-ethyl adjacent to an activating group) is 1. The fraction of sp³-hybridized carbons (Fsp3) is 0.750. The molecular formula is C12H23N3O. The lowest BCUT2D eigenvalue weighted by atomic mass is 10.1. The summed E-state index contributed by atoms with van der Waals surface area (Å²) < 4.78 is 7.09. The van der Waals surface area contributed by atoms with E-state index in [0.29, 0.717) is 6.04 Å². The molecule has 1 aromatic heterocycles. The van der Waals surface area contributed by atoms with Gasteiger partial charge in [-0.15, -0.1) is 0 Å². The summed E-state index contributed by atoms with van der Waals surface area (Å²) in [6, 6.07) is 2.62. The lowest BCUT2D eigenvalue weighted by Crippen LogP contribution is -2.32. The minimum absolute atomic E-state index is 0.472. The molecule has 0 aliphatic rings. The van der Waals surface area contributed by atoms with E-state index < -0.39 is 0 Å². The molecule has 0 saturated heterocycles. The minimum Gasteiger partial charge on any atom is -0.385 e. The molecule has 0 aliphatic carbocycles. The van der Waals surface area contributed by atoms with Crippen molar-refractivity contribution in [1.82, 2.24) is 15.1 Å². The highest BCUT2D eigenvalue weighted by atomic mass is 16.5. The van der Waals surface area contributed by atoms with Crippen LogP contribution in [0.5, 0.6) is 0 Å². The zero-order chi connectivity index (χ0) is 12.0. The Hall–Kier alpha value is -0.870. The first-order chi connectivity index (χ1) is 7.67. The van der Waals surface area contributed by atoms with Gasteiger partial charge in [-0.25, -0.2) is 0 Å². The number of hydrogen-bond acceptors (Lipinski definition) is 3. The number of aromatic nitrogens is 2. The quantitative estimate of drug-likeness (QED) is 0.760. The Kier molecular flexibility index (Phi) is 5.49. The van der Waals surface area contributed by atoms with Crippen LogP contribution in [0, 0.1) is 6.92 Å². The number of hydrogen-bond donors (Lipinski definition) is 1. The highest BCUT2D eigenvalue weighted by molar-refractivity contribution is 5.10. The van der Waals surface area contributed by atoms with E-state index in [0.717, 1.165) is 31.7 Å². The van der Waals surface area contributed by atoms with Crippen LogP contribution in [0.2, 0.25) is 0 Å². The molecule has 4 heteroatoms. The van der Waals surface area contributed by atoms with Crippen LogP contribution in [0.4, 0.5) is 0 Å². The third-order valence-corrected chi connectivity index (χ3v) is 2.72. The molecule has 1 atom stereocenters. The fourth-order valence-electron chi connectivity index (χ4n) is 1.93. The van der Waals surface area contributed by atoms with Gasteiger partial charge in [0.05, 0.1) is 5.69 Å². The lowest BCUT2D eigenvalue weighted by molar-refractivity contribution is 0.182. The molecule has 0 fully saturated rings. The summed E-state index contributed by atoms with van der Waals surface area (Å²) in [5.74, 6) is 0. The predicted octanol–water partition coefficient (Wildman–Crippen LogP) is 1.29. The normalized spacial score (nSPS) is 13.0. The fourth-order valence-corrected chi connectivity index (χ4v) is 1.93. The molecule has 0 bridgehead atoms. The monoisotopic (exact) mass is 225 g/mol. The second-order valence-corrected chi connectivity index (χ2v) is 4.14. The van der Waals surface area contributed by atoms with Gasteiger partial charge in [-0.05, 0) is 26.0 Å². The smallest absolute Gasteiger partial charge is 0.0596 e. The molecule has 0 spiro atoms. The van der Waals surface area contributed by atoms with Crippen molar-refractivity contribution in [3.8, 4) is 0 Å². The summed E-state index contributed by atoms with van der Waals surface area (Å²) in [5.41, 5.74) is 2.36. The van der Waals surface area contributed by atoms with E-state index in [2.05, 4.69) is 23.4 Å². The highest BCUT2D eigenvalue weighted by Gasteiger charge is 2.11. The summed E-state index contributed by atoms with van der Waals surface area (Å²) in [6.07, 6.45) is 2.04. The van der Waals surface area contributed by atoms with Gasteiger partial charge in [0.1, 0.15) is 0 Å². The molecule has 1 heterocycles. The average molecular weight is 225 g/mol. The molecule has 0 saturated carbocycles. The number of methoxy groups -OCH3 is 1. The molecule has 16 heavy (non-hydrogen) atoms. The van der Waals surface area contributed by atoms with E-state index in [9.17, 15) is 0 Å². The van der Waals surface area contributed by atoms with E-state index in [1.165, 1.54) is 5.69 Å². The van der Waals surface area contributed by atoms with E-state index in [4.69, 9.17) is 4.74 Å². The van der Waals surface area contributed by atoms with E-state index in [1.54, 1.807) is 7.11 Å². The van der Waals surface area contributed by atoms with Crippen molar-refractivity contribution in [3.05, 3.63) is 17.5 Å². The maximum atomic E-state index is 5.13. The third kappa shape index (κ3) is 3.94. The van der Waals surface area contributed by atoms with E-state index in [-0.39, 0.29) is 0 Å². The maximum Gasteiger partial charge on any atom is 0.0596 e. The Balaban J connectivity index is 2.56. The van der Waals surface area contributed by atoms with Crippen molar-refractivity contribution in [2.75, 3.05) is 20.3 Å². The molecule has 0 radical (unpaired) electrons. The molecule has 1 rings (SSSR count). The van der Waals surface area contributed by atoms with Gasteiger partial charge >= 0.3 is 0 Å². The molecule has 0 aromatic carbocycles. The van der Waals surface area contributed by atoms with Crippen LogP contribution in [0.25, 0.3) is 0 Å². The lowest BCUT2D eigenvalue weighted by Gasteiger charge is -2.17. The molecule has 1 N–H and O–H groups in total. The van der Waals surface area contributed by atoms with Crippen LogP contribution < -0.4 is 5.32 Å². The van der Waals surface area contributed by atoms with Crippen LogP contribution in [0.3, 0.4) is 0 Å². The van der Waals surface area contributed by atoms with Crippen LogP contribution in [-0.4, -0.2) is 36.1 Å². The van der Waals surface area contributed by atoms with E-state index in [1.807, 2.05) is 18.7 Å². The van der Waals surface area contributed by atoms with Gasteiger partial charge in [0.25, 0.3) is 0 Å². The van der Waals surface area contributed by atoms with Crippen molar-refractivity contribution in [2.24, 2.45) is 7.05 Å². The van der Waals surface area contributed by atoms with Gasteiger partial charge in [0.2, 0.25) is 0 Å². The van der Waals surface area contributed by atoms with Crippen molar-refractivity contribution in [2.45, 2.75) is 32.7 Å². The molecular weight excluding hydrogens is 202 g/mol. The first-order valence-electron chi connectivity index (χ1n) is 5.89. The second-order valence-electron chi connectivity index (χ2n) is 4.14. The standard InChI is InChI=1S/C12H23N3O/c1-5-13-11(6-7-16-4)9-12-8-10(2)14-15(12)3/h8,11,13H,5-7,9H2,1-4H3. The van der Waals surface area contributed by atoms with Gasteiger partial charge in [-0.3, -0.25) is 4.68 Å². The average Bonchev–Trinajstić information content (AvgIpc) is 2.54. The number of ether oxygens (including phenoxy) is 1. The second kappa shape index (κ2) is 6.66. The predicted molar refractivity (Wildman–Crippen MR) is 65.6 cm³/mol. The Morgan fingerprint density at radius 2 is 2.31 bits per heavy atom. The van der Waals surface area contributed by atoms with Crippen LogP contribution in [0.1, 0.15) is 24.7 Å². The summed E-state index contributed by atoms with van der Waals surface area (Å²) in [7, 11) is 3.75. The molecule has 0 amide bonds. The molecule has 4 nitrogen and oxygen atoms in total. The number of rotatable bonds is 7. The van der Waals surface area contributed by atoms with Crippen LogP contribution in [-0.2, 0) is 18.2 Å². The first-order valence-corrected chi connectivity index (χ1v) is 5.89. The third-order valence-electron chi connectivity index (χ3n) is 2.72. The highest BCUT2D eigenvalue weighted by Crippen LogP contribution is 2.07. The Bertz CT molecular complexity index is 309. The van der Waals surface area contributed by atoms with Gasteiger partial charge in [-0.2, -0.15) is 5.10 Å². The molecule has 0 aliphatic heterocycles. The van der Waals surface area contributed by atoms with Crippen LogP contribution >= 0.6 is 0 Å². The summed E-state index contributed by atoms with van der Waals surface area (Å²) >= 11 is 0. The topological polar surface area (TPSA) is 39.1 Å². The van der Waals surface area contributed by atoms with Crippen LogP contribution in [0.15, 0.2) is 6.07 Å². The van der Waals surface area contributed by atoms with Crippen molar-refractivity contribution < 1.29 is 4.74 Å². The van der Waals surface area contributed by atoms with E-state index >= 15 is 0 Å². The minimum atomic E-state index is 0.472. The largest absolute Gasteiger partial charge is 0.385 e. The zero-order valence-electron chi connectivity index (χ0n) is 10.8. The number of nitrogens with one attached hydrogen (secondary N) is 1. The van der Waals surface area contributed by atoms with Gasteiger partial charge in [0, 0.05) is 38.9 Å². The molecule has 1 aromatic rings. The SMILES string of the molecule is CCNC(CCOC)Cc1cc(C)nn1C. The van der Waals surface area contributed by atoms with Gasteiger partial charge < -0.3 is 10.1 Å².